The lowest BCUT2D eigenvalue weighted by molar-refractivity contribution is -0.384. The van der Waals surface area contributed by atoms with Crippen molar-refractivity contribution >= 4 is 39.3 Å². The molecule has 0 fully saturated rings. The molecule has 2 aromatic carbocycles. The maximum absolute atomic E-state index is 11.8. The number of nitro benzene ring substituents is 1. The van der Waals surface area contributed by atoms with Crippen molar-refractivity contribution in [2.75, 3.05) is 5.32 Å². The Balaban J connectivity index is 2.11. The number of anilines is 1. The lowest BCUT2D eigenvalue weighted by Gasteiger charge is -2.04. The molecule has 106 valence electrons. The van der Waals surface area contributed by atoms with E-state index in [0.717, 1.165) is 5.56 Å². The van der Waals surface area contributed by atoms with Gasteiger partial charge in [-0.3, -0.25) is 14.9 Å². The Bertz CT molecular complexity index is 699. The summed E-state index contributed by atoms with van der Waals surface area (Å²) in [7, 11) is 0. The van der Waals surface area contributed by atoms with E-state index < -0.39 is 4.92 Å². The van der Waals surface area contributed by atoms with Gasteiger partial charge in [-0.25, -0.2) is 0 Å². The third kappa shape index (κ3) is 4.25. The van der Waals surface area contributed by atoms with Crippen LogP contribution in [0.25, 0.3) is 6.08 Å². The number of carbonyl (C=O) groups is 1. The van der Waals surface area contributed by atoms with Crippen LogP contribution in [0.2, 0.25) is 0 Å². The monoisotopic (exact) mass is 346 g/mol. The van der Waals surface area contributed by atoms with Crippen LogP contribution in [0.3, 0.4) is 0 Å². The fourth-order valence-electron chi connectivity index (χ4n) is 1.63. The number of hydrogen-bond acceptors (Lipinski definition) is 3. The molecule has 0 spiro atoms. The molecule has 2 rings (SSSR count). The van der Waals surface area contributed by atoms with Crippen molar-refractivity contribution in [3.05, 3.63) is 74.8 Å². The third-order valence-electron chi connectivity index (χ3n) is 2.65. The highest BCUT2D eigenvalue weighted by Crippen LogP contribution is 2.27. The van der Waals surface area contributed by atoms with E-state index in [-0.39, 0.29) is 11.6 Å². The summed E-state index contributed by atoms with van der Waals surface area (Å²) in [4.78, 5) is 22.0. The highest BCUT2D eigenvalue weighted by atomic mass is 79.9. The zero-order chi connectivity index (χ0) is 15.2. The Morgan fingerprint density at radius 2 is 1.90 bits per heavy atom. The molecule has 0 radical (unpaired) electrons. The van der Waals surface area contributed by atoms with E-state index in [1.54, 1.807) is 6.08 Å². The summed E-state index contributed by atoms with van der Waals surface area (Å²) in [5.74, 6) is -0.361. The summed E-state index contributed by atoms with van der Waals surface area (Å²) in [5.41, 5.74) is 1.17. The van der Waals surface area contributed by atoms with Gasteiger partial charge in [0.1, 0.15) is 0 Å². The van der Waals surface area contributed by atoms with Crippen molar-refractivity contribution < 1.29 is 9.72 Å². The van der Waals surface area contributed by atoms with Gasteiger partial charge in [-0.05, 0) is 33.6 Å². The predicted octanol–water partition coefficient (Wildman–Crippen LogP) is 4.01. The van der Waals surface area contributed by atoms with Gasteiger partial charge in [0.05, 0.1) is 10.6 Å². The Morgan fingerprint density at radius 1 is 1.19 bits per heavy atom. The minimum atomic E-state index is -0.512. The summed E-state index contributed by atoms with van der Waals surface area (Å²) < 4.78 is 0.578. The summed E-state index contributed by atoms with van der Waals surface area (Å²) in [5, 5.41) is 13.3. The SMILES string of the molecule is O=C(C=Cc1ccccc1)Nc1cc([N+](=O)[O-])ccc1Br. The van der Waals surface area contributed by atoms with Crippen molar-refractivity contribution in [1.82, 2.24) is 0 Å². The van der Waals surface area contributed by atoms with Gasteiger partial charge < -0.3 is 5.32 Å². The maximum Gasteiger partial charge on any atom is 0.271 e. The Labute approximate surface area is 129 Å². The number of hydrogen-bond donors (Lipinski definition) is 1. The van der Waals surface area contributed by atoms with Crippen LogP contribution in [0.15, 0.2) is 59.1 Å². The minimum Gasteiger partial charge on any atom is -0.321 e. The molecular formula is C15H11BrN2O3. The number of non-ortho nitro benzene ring substituents is 1. The molecule has 0 saturated carbocycles. The Hall–Kier alpha value is -2.47. The van der Waals surface area contributed by atoms with Gasteiger partial charge in [0.15, 0.2) is 0 Å². The minimum absolute atomic E-state index is 0.0828. The number of halogens is 1. The van der Waals surface area contributed by atoms with Crippen LogP contribution in [0.4, 0.5) is 11.4 Å². The number of rotatable bonds is 4. The molecule has 0 atom stereocenters. The van der Waals surface area contributed by atoms with Crippen LogP contribution in [-0.2, 0) is 4.79 Å². The van der Waals surface area contributed by atoms with E-state index in [2.05, 4.69) is 21.2 Å². The van der Waals surface area contributed by atoms with Crippen LogP contribution in [0.5, 0.6) is 0 Å². The van der Waals surface area contributed by atoms with Crippen LogP contribution in [0.1, 0.15) is 5.56 Å². The van der Waals surface area contributed by atoms with Gasteiger partial charge in [-0.2, -0.15) is 0 Å². The van der Waals surface area contributed by atoms with E-state index in [1.165, 1.54) is 24.3 Å². The van der Waals surface area contributed by atoms with E-state index >= 15 is 0 Å². The largest absolute Gasteiger partial charge is 0.321 e. The number of nitrogens with zero attached hydrogens (tertiary/aromatic N) is 1. The van der Waals surface area contributed by atoms with Crippen molar-refractivity contribution in [1.29, 1.82) is 0 Å². The second kappa shape index (κ2) is 6.81. The molecule has 6 heteroatoms. The van der Waals surface area contributed by atoms with Crippen LogP contribution < -0.4 is 5.32 Å². The molecule has 0 aliphatic carbocycles. The second-order valence-corrected chi connectivity index (χ2v) is 5.01. The molecule has 0 saturated heterocycles. The molecule has 1 amide bonds. The molecular weight excluding hydrogens is 336 g/mol. The number of nitro groups is 1. The fraction of sp³-hybridized carbons (Fsp3) is 0. The Morgan fingerprint density at radius 3 is 2.57 bits per heavy atom. The van der Waals surface area contributed by atoms with Gasteiger partial charge in [-0.15, -0.1) is 0 Å². The van der Waals surface area contributed by atoms with Gasteiger partial charge in [0.25, 0.3) is 5.69 Å². The highest BCUT2D eigenvalue weighted by Gasteiger charge is 2.10. The predicted molar refractivity (Wildman–Crippen MR) is 84.9 cm³/mol. The highest BCUT2D eigenvalue weighted by molar-refractivity contribution is 9.10. The van der Waals surface area contributed by atoms with Gasteiger partial charge >= 0.3 is 0 Å². The van der Waals surface area contributed by atoms with E-state index in [1.807, 2.05) is 30.3 Å². The van der Waals surface area contributed by atoms with E-state index in [9.17, 15) is 14.9 Å². The van der Waals surface area contributed by atoms with Crippen molar-refractivity contribution in [2.45, 2.75) is 0 Å². The second-order valence-electron chi connectivity index (χ2n) is 4.15. The van der Waals surface area contributed by atoms with Gasteiger partial charge in [0, 0.05) is 22.7 Å². The number of amides is 1. The van der Waals surface area contributed by atoms with Crippen molar-refractivity contribution in [3.63, 3.8) is 0 Å². The quantitative estimate of drug-likeness (QED) is 0.516. The smallest absolute Gasteiger partial charge is 0.271 e. The molecule has 0 aliphatic rings. The first kappa shape index (κ1) is 14.9. The van der Waals surface area contributed by atoms with Crippen molar-refractivity contribution in [3.8, 4) is 0 Å². The molecule has 0 aromatic heterocycles. The zero-order valence-electron chi connectivity index (χ0n) is 10.8. The van der Waals surface area contributed by atoms with E-state index in [4.69, 9.17) is 0 Å². The van der Waals surface area contributed by atoms with Crippen LogP contribution >= 0.6 is 15.9 Å². The molecule has 0 bridgehead atoms. The average Bonchev–Trinajstić information content (AvgIpc) is 2.48. The lowest BCUT2D eigenvalue weighted by atomic mass is 10.2. The summed E-state index contributed by atoms with van der Waals surface area (Å²) >= 11 is 3.24. The fourth-order valence-corrected chi connectivity index (χ4v) is 1.98. The molecule has 2 aromatic rings. The molecule has 5 nitrogen and oxygen atoms in total. The van der Waals surface area contributed by atoms with Crippen molar-refractivity contribution in [2.24, 2.45) is 0 Å². The summed E-state index contributed by atoms with van der Waals surface area (Å²) in [6.45, 7) is 0. The molecule has 1 N–H and O–H groups in total. The number of benzene rings is 2. The number of nitrogens with one attached hydrogen (secondary N) is 1. The molecule has 0 aliphatic heterocycles. The van der Waals surface area contributed by atoms with E-state index in [0.29, 0.717) is 10.2 Å². The standard InChI is InChI=1S/C15H11BrN2O3/c16-13-8-7-12(18(20)21)10-14(13)17-15(19)9-6-11-4-2-1-3-5-11/h1-10H,(H,17,19). The Kier molecular flexibility index (Phi) is 4.84. The first-order valence-corrected chi connectivity index (χ1v) is 6.83. The summed E-state index contributed by atoms with van der Waals surface area (Å²) in [6.07, 6.45) is 3.04. The zero-order valence-corrected chi connectivity index (χ0v) is 12.4. The van der Waals surface area contributed by atoms with Gasteiger partial charge in [-0.1, -0.05) is 30.3 Å². The van der Waals surface area contributed by atoms with Crippen LogP contribution in [0, 0.1) is 10.1 Å². The first-order valence-electron chi connectivity index (χ1n) is 6.04. The molecule has 0 heterocycles. The normalized spacial score (nSPS) is 10.5. The average molecular weight is 347 g/mol. The lowest BCUT2D eigenvalue weighted by Crippen LogP contribution is -2.08. The maximum atomic E-state index is 11.8. The first-order chi connectivity index (χ1) is 10.1. The number of carbonyl (C=O) groups excluding carboxylic acids is 1. The van der Waals surface area contributed by atoms with Crippen LogP contribution in [-0.4, -0.2) is 10.8 Å². The van der Waals surface area contributed by atoms with Gasteiger partial charge in [0.2, 0.25) is 5.91 Å². The topological polar surface area (TPSA) is 72.2 Å². The third-order valence-corrected chi connectivity index (χ3v) is 3.34. The summed E-state index contributed by atoms with van der Waals surface area (Å²) in [6, 6.07) is 13.5. The molecule has 21 heavy (non-hydrogen) atoms. The molecule has 0 unspecified atom stereocenters.